The van der Waals surface area contributed by atoms with Crippen LogP contribution < -0.4 is 10.9 Å². The molecule has 1 fully saturated rings. The largest absolute Gasteiger partial charge is 0.361 e. The smallest absolute Gasteiger partial charge is 0.265 e. The van der Waals surface area contributed by atoms with Gasteiger partial charge in [0, 0.05) is 47.4 Å². The summed E-state index contributed by atoms with van der Waals surface area (Å²) in [5.41, 5.74) is 3.11. The maximum Gasteiger partial charge on any atom is 0.265 e. The highest BCUT2D eigenvalue weighted by Crippen LogP contribution is 2.30. The molecule has 0 radical (unpaired) electrons. The molecule has 10 heteroatoms. The maximum absolute atomic E-state index is 13.6. The fourth-order valence-corrected chi connectivity index (χ4v) is 5.33. The number of carbonyl (C=O) groups is 2. The van der Waals surface area contributed by atoms with Crippen molar-refractivity contribution in [2.75, 3.05) is 19.6 Å². The van der Waals surface area contributed by atoms with Crippen LogP contribution in [0.4, 0.5) is 0 Å². The Morgan fingerprint density at radius 3 is 2.55 bits per heavy atom. The fourth-order valence-electron chi connectivity index (χ4n) is 5.20. The molecule has 1 aromatic carbocycles. The predicted octanol–water partition coefficient (Wildman–Crippen LogP) is 4.42. The molecule has 40 heavy (non-hydrogen) atoms. The molecule has 3 aromatic heterocycles. The van der Waals surface area contributed by atoms with Crippen LogP contribution in [0.3, 0.4) is 0 Å². The third kappa shape index (κ3) is 5.51. The van der Waals surface area contributed by atoms with E-state index in [0.717, 1.165) is 23.3 Å². The number of pyridine rings is 2. The van der Waals surface area contributed by atoms with Crippen LogP contribution in [-0.2, 0) is 24.2 Å². The number of nitrogens with one attached hydrogen (secondary N) is 1. The topological polar surface area (TPSA) is 110 Å². The summed E-state index contributed by atoms with van der Waals surface area (Å²) in [6.07, 6.45) is 2.92. The second-order valence-electron chi connectivity index (χ2n) is 11.1. The van der Waals surface area contributed by atoms with Gasteiger partial charge in [-0.05, 0) is 55.0 Å². The first-order chi connectivity index (χ1) is 19.1. The number of likely N-dealkylation sites (tertiary alicyclic amines) is 1. The molecule has 4 heterocycles. The highest BCUT2D eigenvalue weighted by molar-refractivity contribution is 6.30. The molecular weight excluding hydrogens is 530 g/mol. The van der Waals surface area contributed by atoms with Gasteiger partial charge in [0.1, 0.15) is 29.2 Å². The van der Waals surface area contributed by atoms with Gasteiger partial charge in [-0.15, -0.1) is 0 Å². The zero-order chi connectivity index (χ0) is 28.6. The first kappa shape index (κ1) is 27.6. The number of fused-ring (bicyclic) bond motifs is 1. The normalized spacial score (nSPS) is 14.3. The van der Waals surface area contributed by atoms with Crippen LogP contribution in [0.5, 0.6) is 0 Å². The third-order valence-electron chi connectivity index (χ3n) is 7.28. The molecule has 0 spiro atoms. The van der Waals surface area contributed by atoms with Crippen molar-refractivity contribution in [2.24, 2.45) is 5.41 Å². The van der Waals surface area contributed by atoms with Gasteiger partial charge in [-0.2, -0.15) is 0 Å². The second-order valence-corrected chi connectivity index (χ2v) is 11.5. The first-order valence-corrected chi connectivity index (χ1v) is 13.7. The van der Waals surface area contributed by atoms with Gasteiger partial charge in [0.25, 0.3) is 11.5 Å². The lowest BCUT2D eigenvalue weighted by Gasteiger charge is -2.45. The number of amides is 2. The molecule has 0 saturated carbocycles. The number of nitrogens with zero attached hydrogens (tertiary/aromatic N) is 4. The van der Waals surface area contributed by atoms with Gasteiger partial charge in [0.15, 0.2) is 0 Å². The van der Waals surface area contributed by atoms with Crippen molar-refractivity contribution < 1.29 is 14.1 Å². The quantitative estimate of drug-likeness (QED) is 0.341. The van der Waals surface area contributed by atoms with Crippen molar-refractivity contribution in [3.63, 3.8) is 0 Å². The van der Waals surface area contributed by atoms with E-state index >= 15 is 0 Å². The molecular formula is C30H32ClN5O4. The van der Waals surface area contributed by atoms with Gasteiger partial charge in [-0.1, -0.05) is 49.7 Å². The number of halogens is 1. The zero-order valence-electron chi connectivity index (χ0n) is 23.1. The van der Waals surface area contributed by atoms with E-state index < -0.39 is 11.5 Å². The minimum absolute atomic E-state index is 0.0497. The predicted molar refractivity (Wildman–Crippen MR) is 153 cm³/mol. The van der Waals surface area contributed by atoms with E-state index in [1.807, 2.05) is 32.0 Å². The molecule has 0 bridgehead atoms. The van der Waals surface area contributed by atoms with Crippen LogP contribution in [0, 0.1) is 12.3 Å². The molecule has 4 aromatic rings. The van der Waals surface area contributed by atoms with E-state index in [1.165, 1.54) is 10.6 Å². The van der Waals surface area contributed by atoms with Crippen LogP contribution in [0.2, 0.25) is 5.02 Å². The van der Waals surface area contributed by atoms with Crippen LogP contribution in [0.1, 0.15) is 48.0 Å². The SMILES string of the molecule is CCc1c(-c2cnc3c(c2)cc(C(=O)NCCc2ccc(Cl)cc2)c(=O)n3CC(=O)N2CC(C)(C)C2)noc1C. The van der Waals surface area contributed by atoms with Crippen molar-refractivity contribution in [3.05, 3.63) is 80.4 Å². The second kappa shape index (κ2) is 10.9. The van der Waals surface area contributed by atoms with E-state index in [1.54, 1.807) is 23.2 Å². The number of hydrogen-bond acceptors (Lipinski definition) is 6. The minimum Gasteiger partial charge on any atom is -0.361 e. The van der Waals surface area contributed by atoms with Crippen molar-refractivity contribution in [1.29, 1.82) is 0 Å². The molecule has 1 saturated heterocycles. The van der Waals surface area contributed by atoms with Crippen molar-refractivity contribution in [3.8, 4) is 11.3 Å². The van der Waals surface area contributed by atoms with Gasteiger partial charge < -0.3 is 14.7 Å². The first-order valence-electron chi connectivity index (χ1n) is 13.4. The number of rotatable bonds is 8. The van der Waals surface area contributed by atoms with Gasteiger partial charge in [-0.3, -0.25) is 19.0 Å². The number of hydrogen-bond donors (Lipinski definition) is 1. The molecule has 2 amide bonds. The summed E-state index contributed by atoms with van der Waals surface area (Å²) in [7, 11) is 0. The molecule has 9 nitrogen and oxygen atoms in total. The molecule has 1 aliphatic heterocycles. The van der Waals surface area contributed by atoms with Crippen LogP contribution in [0.15, 0.2) is 51.9 Å². The Balaban J connectivity index is 1.49. The lowest BCUT2D eigenvalue weighted by Crippen LogP contribution is -2.56. The summed E-state index contributed by atoms with van der Waals surface area (Å²) < 4.78 is 6.71. The standard InChI is InChI=1S/C30H32ClN5O4/c1-5-23-18(2)40-34-26(23)21-12-20-13-24(28(38)32-11-10-19-6-8-22(31)9-7-19)29(39)36(27(20)33-14-21)15-25(37)35-16-30(3,4)17-35/h6-9,12-14H,5,10-11,15-17H2,1-4H3,(H,32,38). The molecule has 0 atom stereocenters. The van der Waals surface area contributed by atoms with Gasteiger partial charge in [-0.25, -0.2) is 4.98 Å². The van der Waals surface area contributed by atoms with Crippen LogP contribution >= 0.6 is 11.6 Å². The van der Waals surface area contributed by atoms with E-state index in [9.17, 15) is 14.4 Å². The Hall–Kier alpha value is -3.98. The summed E-state index contributed by atoms with van der Waals surface area (Å²) in [4.78, 5) is 46.2. The molecule has 0 aliphatic carbocycles. The molecule has 5 rings (SSSR count). The van der Waals surface area contributed by atoms with Crippen LogP contribution in [0.25, 0.3) is 22.3 Å². The van der Waals surface area contributed by atoms with Crippen molar-refractivity contribution >= 4 is 34.4 Å². The van der Waals surface area contributed by atoms with Crippen molar-refractivity contribution in [2.45, 2.75) is 47.1 Å². The molecule has 0 unspecified atom stereocenters. The van der Waals surface area contributed by atoms with E-state index in [4.69, 9.17) is 16.1 Å². The highest BCUT2D eigenvalue weighted by Gasteiger charge is 2.37. The summed E-state index contributed by atoms with van der Waals surface area (Å²) in [6.45, 7) is 9.42. The Morgan fingerprint density at radius 2 is 1.88 bits per heavy atom. The van der Waals surface area contributed by atoms with E-state index in [2.05, 4.69) is 29.3 Å². The van der Waals surface area contributed by atoms with Gasteiger partial charge >= 0.3 is 0 Å². The average molecular weight is 562 g/mol. The number of carbonyl (C=O) groups excluding carboxylic acids is 2. The highest BCUT2D eigenvalue weighted by atomic mass is 35.5. The Bertz CT molecular complexity index is 1650. The monoisotopic (exact) mass is 561 g/mol. The Labute approximate surface area is 237 Å². The van der Waals surface area contributed by atoms with Gasteiger partial charge in [0.2, 0.25) is 5.91 Å². The summed E-state index contributed by atoms with van der Waals surface area (Å²) in [5.74, 6) is 0.0322. The number of aromatic nitrogens is 3. The Morgan fingerprint density at radius 1 is 1.15 bits per heavy atom. The number of benzene rings is 1. The number of aryl methyl sites for hydroxylation is 1. The fraction of sp³-hybridized carbons (Fsp3) is 0.367. The lowest BCUT2D eigenvalue weighted by atomic mass is 9.84. The zero-order valence-corrected chi connectivity index (χ0v) is 23.8. The van der Waals surface area contributed by atoms with Crippen molar-refractivity contribution in [1.82, 2.24) is 24.9 Å². The summed E-state index contributed by atoms with van der Waals surface area (Å²) in [6, 6.07) is 10.7. The minimum atomic E-state index is -0.559. The van der Waals surface area contributed by atoms with E-state index in [0.29, 0.717) is 53.4 Å². The van der Waals surface area contributed by atoms with Crippen LogP contribution in [-0.4, -0.2) is 51.1 Å². The molecule has 1 aliphatic rings. The lowest BCUT2D eigenvalue weighted by molar-refractivity contribution is -0.142. The maximum atomic E-state index is 13.6. The summed E-state index contributed by atoms with van der Waals surface area (Å²) in [5, 5.41) is 8.25. The average Bonchev–Trinajstić information content (AvgIpc) is 3.29. The van der Waals surface area contributed by atoms with E-state index in [-0.39, 0.29) is 23.4 Å². The Kier molecular flexibility index (Phi) is 7.51. The van der Waals surface area contributed by atoms with Gasteiger partial charge in [0.05, 0.1) is 0 Å². The third-order valence-corrected chi connectivity index (χ3v) is 7.53. The molecule has 1 N–H and O–H groups in total. The molecule has 208 valence electrons. The summed E-state index contributed by atoms with van der Waals surface area (Å²) >= 11 is 5.96.